The predicted molar refractivity (Wildman–Crippen MR) is 82.0 cm³/mol. The van der Waals surface area contributed by atoms with Crippen molar-refractivity contribution in [2.24, 2.45) is 0 Å². The number of hydrogen-bond acceptors (Lipinski definition) is 3. The van der Waals surface area contributed by atoms with E-state index in [1.54, 1.807) is 7.11 Å². The maximum Gasteiger partial charge on any atom is 0.212 e. The summed E-state index contributed by atoms with van der Waals surface area (Å²) in [5, 5.41) is 3.53. The SMILES string of the molecule is COc1ccc(CNC(C)Cc2ccccc2C)cn1. The highest BCUT2D eigenvalue weighted by Crippen LogP contribution is 2.10. The molecule has 2 aromatic rings. The summed E-state index contributed by atoms with van der Waals surface area (Å²) in [5.74, 6) is 0.654. The minimum atomic E-state index is 0.429. The predicted octanol–water partition coefficient (Wildman–Crippen LogP) is 3.12. The van der Waals surface area contributed by atoms with Crippen molar-refractivity contribution < 1.29 is 4.74 Å². The minimum Gasteiger partial charge on any atom is -0.481 e. The van der Waals surface area contributed by atoms with Crippen LogP contribution in [0, 0.1) is 6.92 Å². The molecule has 3 heteroatoms. The highest BCUT2D eigenvalue weighted by Gasteiger charge is 2.05. The zero-order valence-electron chi connectivity index (χ0n) is 12.4. The Morgan fingerprint density at radius 1 is 1.20 bits per heavy atom. The molecule has 3 nitrogen and oxygen atoms in total. The molecule has 0 saturated heterocycles. The molecule has 1 atom stereocenters. The largest absolute Gasteiger partial charge is 0.481 e. The van der Waals surface area contributed by atoms with Gasteiger partial charge >= 0.3 is 0 Å². The van der Waals surface area contributed by atoms with Crippen molar-refractivity contribution in [2.75, 3.05) is 7.11 Å². The van der Waals surface area contributed by atoms with Crippen molar-refractivity contribution in [3.63, 3.8) is 0 Å². The summed E-state index contributed by atoms with van der Waals surface area (Å²) < 4.78 is 5.06. The zero-order valence-corrected chi connectivity index (χ0v) is 12.4. The van der Waals surface area contributed by atoms with E-state index in [1.807, 2.05) is 18.3 Å². The third-order valence-corrected chi connectivity index (χ3v) is 3.45. The van der Waals surface area contributed by atoms with Gasteiger partial charge in [-0.3, -0.25) is 0 Å². The smallest absolute Gasteiger partial charge is 0.212 e. The highest BCUT2D eigenvalue weighted by molar-refractivity contribution is 5.26. The molecule has 1 aromatic heterocycles. The molecule has 0 radical (unpaired) electrons. The Labute approximate surface area is 121 Å². The fourth-order valence-corrected chi connectivity index (χ4v) is 2.17. The molecule has 106 valence electrons. The number of aryl methyl sites for hydroxylation is 1. The summed E-state index contributed by atoms with van der Waals surface area (Å²) in [4.78, 5) is 4.21. The van der Waals surface area contributed by atoms with Gasteiger partial charge in [0.1, 0.15) is 0 Å². The van der Waals surface area contributed by atoms with E-state index >= 15 is 0 Å². The molecular formula is C17H22N2O. The monoisotopic (exact) mass is 270 g/mol. The van der Waals surface area contributed by atoms with Crippen LogP contribution in [0.3, 0.4) is 0 Å². The molecule has 1 unspecified atom stereocenters. The van der Waals surface area contributed by atoms with Crippen molar-refractivity contribution in [3.05, 3.63) is 59.3 Å². The van der Waals surface area contributed by atoms with E-state index in [4.69, 9.17) is 4.74 Å². The molecule has 0 spiro atoms. The van der Waals surface area contributed by atoms with Gasteiger partial charge in [0.05, 0.1) is 7.11 Å². The molecule has 1 heterocycles. The van der Waals surface area contributed by atoms with Gasteiger partial charge in [-0.25, -0.2) is 4.98 Å². The third kappa shape index (κ3) is 4.07. The first-order valence-corrected chi connectivity index (χ1v) is 6.96. The Kier molecular flexibility index (Phi) is 5.13. The van der Waals surface area contributed by atoms with Crippen LogP contribution in [0.15, 0.2) is 42.6 Å². The summed E-state index contributed by atoms with van der Waals surface area (Å²) in [6, 6.07) is 12.9. The van der Waals surface area contributed by atoms with Crippen molar-refractivity contribution in [1.82, 2.24) is 10.3 Å². The van der Waals surface area contributed by atoms with Crippen LogP contribution in [0.25, 0.3) is 0 Å². The maximum atomic E-state index is 5.06. The van der Waals surface area contributed by atoms with Crippen LogP contribution < -0.4 is 10.1 Å². The van der Waals surface area contributed by atoms with Crippen LogP contribution in [0.5, 0.6) is 5.88 Å². The van der Waals surface area contributed by atoms with Gasteiger partial charge in [-0.15, -0.1) is 0 Å². The molecular weight excluding hydrogens is 248 g/mol. The number of ether oxygens (including phenoxy) is 1. The molecule has 0 fully saturated rings. The second-order valence-corrected chi connectivity index (χ2v) is 5.12. The standard InChI is InChI=1S/C17H22N2O/c1-13-6-4-5-7-16(13)10-14(2)18-11-15-8-9-17(20-3)19-12-15/h4-9,12,14,18H,10-11H2,1-3H3. The normalized spacial score (nSPS) is 12.2. The first-order chi connectivity index (χ1) is 9.69. The lowest BCUT2D eigenvalue weighted by Gasteiger charge is -2.15. The Balaban J connectivity index is 1.85. The molecule has 0 aliphatic rings. The topological polar surface area (TPSA) is 34.1 Å². The van der Waals surface area contributed by atoms with E-state index in [9.17, 15) is 0 Å². The van der Waals surface area contributed by atoms with E-state index in [1.165, 1.54) is 16.7 Å². The van der Waals surface area contributed by atoms with Crippen LogP contribution in [0.2, 0.25) is 0 Å². The van der Waals surface area contributed by atoms with Gasteiger partial charge in [-0.05, 0) is 37.0 Å². The van der Waals surface area contributed by atoms with Gasteiger partial charge in [-0.2, -0.15) is 0 Å². The van der Waals surface area contributed by atoms with E-state index in [0.717, 1.165) is 13.0 Å². The van der Waals surface area contributed by atoms with Crippen LogP contribution in [-0.4, -0.2) is 18.1 Å². The fraction of sp³-hybridized carbons (Fsp3) is 0.353. The number of rotatable bonds is 6. The lowest BCUT2D eigenvalue weighted by Crippen LogP contribution is -2.27. The number of nitrogens with one attached hydrogen (secondary N) is 1. The summed E-state index contributed by atoms with van der Waals surface area (Å²) in [7, 11) is 1.63. The number of benzene rings is 1. The number of nitrogens with zero attached hydrogens (tertiary/aromatic N) is 1. The second kappa shape index (κ2) is 7.06. The van der Waals surface area contributed by atoms with E-state index < -0.39 is 0 Å². The maximum absolute atomic E-state index is 5.06. The summed E-state index contributed by atoms with van der Waals surface area (Å²) in [6.45, 7) is 5.20. The fourth-order valence-electron chi connectivity index (χ4n) is 2.17. The Morgan fingerprint density at radius 3 is 2.65 bits per heavy atom. The van der Waals surface area contributed by atoms with Crippen LogP contribution >= 0.6 is 0 Å². The average molecular weight is 270 g/mol. The molecule has 0 aliphatic carbocycles. The van der Waals surface area contributed by atoms with Crippen LogP contribution in [0.1, 0.15) is 23.6 Å². The van der Waals surface area contributed by atoms with Crippen LogP contribution in [-0.2, 0) is 13.0 Å². The molecule has 0 saturated carbocycles. The second-order valence-electron chi connectivity index (χ2n) is 5.12. The summed E-state index contributed by atoms with van der Waals surface area (Å²) >= 11 is 0. The summed E-state index contributed by atoms with van der Waals surface area (Å²) in [5.41, 5.74) is 3.93. The van der Waals surface area contributed by atoms with Gasteiger partial charge in [-0.1, -0.05) is 30.3 Å². The molecule has 1 N–H and O–H groups in total. The summed E-state index contributed by atoms with van der Waals surface area (Å²) in [6.07, 6.45) is 2.89. The number of pyridine rings is 1. The first kappa shape index (κ1) is 14.5. The Hall–Kier alpha value is -1.87. The van der Waals surface area contributed by atoms with Crippen LogP contribution in [0.4, 0.5) is 0 Å². The number of hydrogen-bond donors (Lipinski definition) is 1. The minimum absolute atomic E-state index is 0.429. The Morgan fingerprint density at radius 2 is 2.00 bits per heavy atom. The first-order valence-electron chi connectivity index (χ1n) is 6.96. The highest BCUT2D eigenvalue weighted by atomic mass is 16.5. The van der Waals surface area contributed by atoms with Crippen molar-refractivity contribution in [3.8, 4) is 5.88 Å². The molecule has 20 heavy (non-hydrogen) atoms. The lowest BCUT2D eigenvalue weighted by molar-refractivity contribution is 0.397. The molecule has 0 aliphatic heterocycles. The number of aromatic nitrogens is 1. The average Bonchev–Trinajstić information content (AvgIpc) is 2.48. The molecule has 2 rings (SSSR count). The molecule has 1 aromatic carbocycles. The van der Waals surface area contributed by atoms with E-state index in [0.29, 0.717) is 11.9 Å². The van der Waals surface area contributed by atoms with Crippen molar-refractivity contribution in [2.45, 2.75) is 32.9 Å². The van der Waals surface area contributed by atoms with Gasteiger partial charge in [0.25, 0.3) is 0 Å². The number of methoxy groups -OCH3 is 1. The van der Waals surface area contributed by atoms with Crippen molar-refractivity contribution >= 4 is 0 Å². The third-order valence-electron chi connectivity index (χ3n) is 3.45. The quantitative estimate of drug-likeness (QED) is 0.875. The van der Waals surface area contributed by atoms with Gasteiger partial charge in [0.2, 0.25) is 5.88 Å². The molecule has 0 amide bonds. The zero-order chi connectivity index (χ0) is 14.4. The Bertz CT molecular complexity index is 537. The molecule has 0 bridgehead atoms. The van der Waals surface area contributed by atoms with Gasteiger partial charge in [0.15, 0.2) is 0 Å². The van der Waals surface area contributed by atoms with E-state index in [-0.39, 0.29) is 0 Å². The van der Waals surface area contributed by atoms with E-state index in [2.05, 4.69) is 48.4 Å². The van der Waals surface area contributed by atoms with Gasteiger partial charge in [0, 0.05) is 24.8 Å². The van der Waals surface area contributed by atoms with Gasteiger partial charge < -0.3 is 10.1 Å². The lowest BCUT2D eigenvalue weighted by atomic mass is 10.0. The van der Waals surface area contributed by atoms with Crippen molar-refractivity contribution in [1.29, 1.82) is 0 Å².